The van der Waals surface area contributed by atoms with Crippen molar-refractivity contribution in [3.05, 3.63) is 17.6 Å². The van der Waals surface area contributed by atoms with Crippen LogP contribution < -0.4 is 4.90 Å². The summed E-state index contributed by atoms with van der Waals surface area (Å²) < 4.78 is 10.8. The number of ether oxygens (including phenoxy) is 2. The van der Waals surface area contributed by atoms with Gasteiger partial charge in [-0.05, 0) is 38.5 Å². The van der Waals surface area contributed by atoms with Gasteiger partial charge in [-0.1, -0.05) is 0 Å². The van der Waals surface area contributed by atoms with Gasteiger partial charge >= 0.3 is 5.97 Å². The number of nitrogens with zero attached hydrogens (tertiary/aromatic N) is 3. The molecule has 3 rings (SSSR count). The van der Waals surface area contributed by atoms with E-state index in [1.165, 1.54) is 0 Å². The van der Waals surface area contributed by atoms with E-state index in [0.29, 0.717) is 24.8 Å². The van der Waals surface area contributed by atoms with E-state index in [2.05, 4.69) is 14.9 Å². The fourth-order valence-corrected chi connectivity index (χ4v) is 3.66. The van der Waals surface area contributed by atoms with Gasteiger partial charge in [0, 0.05) is 32.0 Å². The van der Waals surface area contributed by atoms with Gasteiger partial charge in [0.15, 0.2) is 11.9 Å². The zero-order valence-electron chi connectivity index (χ0n) is 14.3. The topological polar surface area (TPSA) is 84.8 Å². The van der Waals surface area contributed by atoms with Crippen LogP contribution in [-0.4, -0.2) is 53.5 Å². The van der Waals surface area contributed by atoms with Gasteiger partial charge < -0.3 is 19.5 Å². The summed E-state index contributed by atoms with van der Waals surface area (Å²) in [7, 11) is 1.64. The lowest BCUT2D eigenvalue weighted by molar-refractivity contribution is -0.150. The highest BCUT2D eigenvalue weighted by molar-refractivity contribution is 5.72. The van der Waals surface area contributed by atoms with Crippen molar-refractivity contribution in [2.24, 2.45) is 5.92 Å². The summed E-state index contributed by atoms with van der Waals surface area (Å²) in [6.07, 6.45) is 2.95. The molecule has 7 heteroatoms. The van der Waals surface area contributed by atoms with Crippen LogP contribution in [0, 0.1) is 12.8 Å². The van der Waals surface area contributed by atoms with Crippen molar-refractivity contribution in [1.82, 2.24) is 9.97 Å². The zero-order chi connectivity index (χ0) is 17.1. The number of aryl methyl sites for hydroxylation is 1. The van der Waals surface area contributed by atoms with Crippen LogP contribution in [0.5, 0.6) is 0 Å². The van der Waals surface area contributed by atoms with Crippen LogP contribution >= 0.6 is 0 Å². The lowest BCUT2D eigenvalue weighted by Crippen LogP contribution is -2.38. The van der Waals surface area contributed by atoms with E-state index in [9.17, 15) is 4.79 Å². The van der Waals surface area contributed by atoms with E-state index in [0.717, 1.165) is 43.9 Å². The Morgan fingerprint density at radius 1 is 1.33 bits per heavy atom. The Morgan fingerprint density at radius 2 is 2.08 bits per heavy atom. The normalized spacial score (nSPS) is 25.2. The highest BCUT2D eigenvalue weighted by Crippen LogP contribution is 2.33. The van der Waals surface area contributed by atoms with Gasteiger partial charge in [0.25, 0.3) is 0 Å². The number of hydrogen-bond acceptors (Lipinski definition) is 6. The van der Waals surface area contributed by atoms with Crippen molar-refractivity contribution >= 4 is 11.8 Å². The molecule has 1 N–H and O–H groups in total. The number of aliphatic carboxylic acids is 1. The Kier molecular flexibility index (Phi) is 5.30. The number of hydrogen-bond donors (Lipinski definition) is 1. The van der Waals surface area contributed by atoms with E-state index < -0.39 is 12.1 Å². The molecule has 0 radical (unpaired) electrons. The molecule has 0 bridgehead atoms. The molecule has 2 aliphatic heterocycles. The minimum absolute atomic E-state index is 0.0874. The second kappa shape index (κ2) is 7.44. The van der Waals surface area contributed by atoms with E-state index >= 15 is 0 Å². The fraction of sp³-hybridized carbons (Fsp3) is 0.706. The van der Waals surface area contributed by atoms with Gasteiger partial charge in [-0.15, -0.1) is 0 Å². The Bertz CT molecular complexity index is 587. The number of carboxylic acid groups (broad SMARTS) is 1. The summed E-state index contributed by atoms with van der Waals surface area (Å²) in [6.45, 7) is 4.20. The first-order valence-corrected chi connectivity index (χ1v) is 8.53. The van der Waals surface area contributed by atoms with E-state index in [4.69, 9.17) is 14.6 Å². The van der Waals surface area contributed by atoms with Gasteiger partial charge in [0.2, 0.25) is 0 Å². The molecule has 3 heterocycles. The maximum atomic E-state index is 11.0. The largest absolute Gasteiger partial charge is 0.479 e. The van der Waals surface area contributed by atoms with Crippen molar-refractivity contribution in [3.8, 4) is 0 Å². The minimum atomic E-state index is -0.836. The molecule has 132 valence electrons. The molecule has 1 aromatic heterocycles. The molecule has 0 aliphatic carbocycles. The van der Waals surface area contributed by atoms with Crippen LogP contribution in [0.2, 0.25) is 0 Å². The lowest BCUT2D eigenvalue weighted by Gasteiger charge is -2.35. The van der Waals surface area contributed by atoms with E-state index in [-0.39, 0.29) is 6.10 Å². The molecular formula is C17H25N3O4. The fourth-order valence-electron chi connectivity index (χ4n) is 3.66. The van der Waals surface area contributed by atoms with E-state index in [1.54, 1.807) is 7.11 Å². The Morgan fingerprint density at radius 3 is 2.71 bits per heavy atom. The molecule has 0 aromatic carbocycles. The Balaban J connectivity index is 1.58. The number of carboxylic acids is 1. The van der Waals surface area contributed by atoms with Gasteiger partial charge in [-0.3, -0.25) is 0 Å². The van der Waals surface area contributed by atoms with Crippen molar-refractivity contribution in [2.45, 2.75) is 51.4 Å². The van der Waals surface area contributed by atoms with Gasteiger partial charge in [0.1, 0.15) is 12.4 Å². The third kappa shape index (κ3) is 3.84. The average molecular weight is 335 g/mol. The number of aromatic nitrogens is 2. The van der Waals surface area contributed by atoms with Crippen LogP contribution in [-0.2, 0) is 20.9 Å². The summed E-state index contributed by atoms with van der Waals surface area (Å²) in [5, 5.41) is 9.06. The lowest BCUT2D eigenvalue weighted by atomic mass is 9.90. The molecule has 7 nitrogen and oxygen atoms in total. The van der Waals surface area contributed by atoms with E-state index in [1.807, 2.05) is 13.0 Å². The second-order valence-electron chi connectivity index (χ2n) is 6.62. The second-order valence-corrected chi connectivity index (χ2v) is 6.62. The van der Waals surface area contributed by atoms with Crippen LogP contribution in [0.25, 0.3) is 0 Å². The van der Waals surface area contributed by atoms with Crippen LogP contribution in [0.4, 0.5) is 5.82 Å². The number of methoxy groups -OCH3 is 1. The molecule has 2 atom stereocenters. The molecule has 2 saturated heterocycles. The molecule has 2 fully saturated rings. The summed E-state index contributed by atoms with van der Waals surface area (Å²) in [6, 6.07) is 2.01. The highest BCUT2D eigenvalue weighted by Gasteiger charge is 2.36. The van der Waals surface area contributed by atoms with Gasteiger partial charge in [-0.2, -0.15) is 0 Å². The summed E-state index contributed by atoms with van der Waals surface area (Å²) in [5.41, 5.74) is 0.942. The molecular weight excluding hydrogens is 310 g/mol. The van der Waals surface area contributed by atoms with Crippen molar-refractivity contribution < 1.29 is 19.4 Å². The predicted octanol–water partition coefficient (Wildman–Crippen LogP) is 1.78. The monoisotopic (exact) mass is 335 g/mol. The maximum Gasteiger partial charge on any atom is 0.332 e. The Hall–Kier alpha value is -1.73. The summed E-state index contributed by atoms with van der Waals surface area (Å²) >= 11 is 0. The zero-order valence-corrected chi connectivity index (χ0v) is 14.3. The summed E-state index contributed by atoms with van der Waals surface area (Å²) in [4.78, 5) is 22.3. The molecule has 0 saturated carbocycles. The van der Waals surface area contributed by atoms with Gasteiger partial charge in [-0.25, -0.2) is 14.8 Å². The molecule has 0 amide bonds. The minimum Gasteiger partial charge on any atom is -0.479 e. The molecule has 1 aromatic rings. The quantitative estimate of drug-likeness (QED) is 0.878. The maximum absolute atomic E-state index is 11.0. The highest BCUT2D eigenvalue weighted by atomic mass is 16.5. The first-order valence-electron chi connectivity index (χ1n) is 8.53. The van der Waals surface area contributed by atoms with Crippen molar-refractivity contribution in [1.29, 1.82) is 0 Å². The summed E-state index contributed by atoms with van der Waals surface area (Å²) in [5.74, 6) is 1.26. The first-order chi connectivity index (χ1) is 11.6. The van der Waals surface area contributed by atoms with Crippen LogP contribution in [0.1, 0.15) is 37.2 Å². The van der Waals surface area contributed by atoms with Crippen molar-refractivity contribution in [2.75, 3.05) is 25.1 Å². The predicted molar refractivity (Wildman–Crippen MR) is 87.9 cm³/mol. The number of anilines is 1. The molecule has 2 aliphatic rings. The molecule has 24 heavy (non-hydrogen) atoms. The number of rotatable bonds is 5. The van der Waals surface area contributed by atoms with Gasteiger partial charge in [0.05, 0.1) is 6.10 Å². The standard InChI is InChI=1S/C17H25N3O4/c1-11-9-16(19-15(18-11)10-23-2)20-7-5-12(6-8-20)13-3-4-14(24-13)17(21)22/h9,12-14H,3-8,10H2,1-2H3,(H,21,22)/t13-,14+/m0/s1. The van der Waals surface area contributed by atoms with Crippen LogP contribution in [0.15, 0.2) is 6.07 Å². The Labute approximate surface area is 142 Å². The SMILES string of the molecule is COCc1nc(C)cc(N2CCC([C@@H]3CC[C@H](C(=O)O)O3)CC2)n1. The third-order valence-corrected chi connectivity index (χ3v) is 4.88. The third-order valence-electron chi connectivity index (χ3n) is 4.88. The molecule has 0 unspecified atom stereocenters. The number of piperidine rings is 1. The first kappa shape index (κ1) is 17.1. The average Bonchev–Trinajstić information content (AvgIpc) is 3.05. The smallest absolute Gasteiger partial charge is 0.332 e. The van der Waals surface area contributed by atoms with Crippen molar-refractivity contribution in [3.63, 3.8) is 0 Å². The molecule has 0 spiro atoms. The van der Waals surface area contributed by atoms with Crippen LogP contribution in [0.3, 0.4) is 0 Å². The number of carbonyl (C=O) groups is 1.